The van der Waals surface area contributed by atoms with E-state index >= 15 is 0 Å². The quantitative estimate of drug-likeness (QED) is 0.697. The molecule has 1 heterocycles. The lowest BCUT2D eigenvalue weighted by Crippen LogP contribution is -2.37. The number of nitrogens with two attached hydrogens (primary N) is 1. The summed E-state index contributed by atoms with van der Waals surface area (Å²) in [5, 5.41) is 2.75. The number of nitrogens with zero attached hydrogens (tertiary/aromatic N) is 1. The van der Waals surface area contributed by atoms with Crippen molar-refractivity contribution in [2.24, 2.45) is 16.6 Å². The van der Waals surface area contributed by atoms with E-state index < -0.39 is 16.1 Å². The minimum Gasteiger partial charge on any atom is -0.354 e. The lowest BCUT2D eigenvalue weighted by molar-refractivity contribution is -0.122. The Bertz CT molecular complexity index is 700. The van der Waals surface area contributed by atoms with Gasteiger partial charge in [-0.15, -0.1) is 0 Å². The third kappa shape index (κ3) is 3.45. The van der Waals surface area contributed by atoms with Crippen molar-refractivity contribution < 1.29 is 13.2 Å². The van der Waals surface area contributed by atoms with Gasteiger partial charge in [-0.25, -0.2) is 8.42 Å². The molecule has 2 unspecified atom stereocenters. The number of carbonyl (C=O) groups excluding carboxylic acids is 1. The van der Waals surface area contributed by atoms with Gasteiger partial charge in [0.05, 0.1) is 4.90 Å². The SMILES string of the molecule is CC(CN)CNC(=O)C(C)N=C1NS(=O)(=O)c2ccccc21. The molecule has 1 amide bonds. The summed E-state index contributed by atoms with van der Waals surface area (Å²) in [7, 11) is -3.58. The lowest BCUT2D eigenvalue weighted by Gasteiger charge is -2.12. The van der Waals surface area contributed by atoms with Gasteiger partial charge in [0.15, 0.2) is 0 Å². The first kappa shape index (κ1) is 16.4. The van der Waals surface area contributed by atoms with E-state index in [9.17, 15) is 13.2 Å². The van der Waals surface area contributed by atoms with Gasteiger partial charge in [0.1, 0.15) is 11.9 Å². The van der Waals surface area contributed by atoms with Crippen LogP contribution in [0.3, 0.4) is 0 Å². The molecule has 0 spiro atoms. The van der Waals surface area contributed by atoms with Crippen LogP contribution in [-0.2, 0) is 14.8 Å². The first-order valence-electron chi connectivity index (χ1n) is 7.03. The van der Waals surface area contributed by atoms with Crippen molar-refractivity contribution in [1.82, 2.24) is 10.0 Å². The maximum atomic E-state index is 12.0. The summed E-state index contributed by atoms with van der Waals surface area (Å²) in [6.45, 7) is 4.49. The van der Waals surface area contributed by atoms with Crippen molar-refractivity contribution in [2.45, 2.75) is 24.8 Å². The maximum Gasteiger partial charge on any atom is 0.263 e. The van der Waals surface area contributed by atoms with Crippen molar-refractivity contribution in [1.29, 1.82) is 0 Å². The molecular weight excluding hydrogens is 304 g/mol. The molecule has 2 atom stereocenters. The Balaban J connectivity index is 2.15. The molecule has 0 fully saturated rings. The smallest absolute Gasteiger partial charge is 0.263 e. The van der Waals surface area contributed by atoms with Gasteiger partial charge >= 0.3 is 0 Å². The van der Waals surface area contributed by atoms with Crippen LogP contribution in [0.25, 0.3) is 0 Å². The van der Waals surface area contributed by atoms with E-state index in [1.54, 1.807) is 25.1 Å². The number of amidine groups is 1. The van der Waals surface area contributed by atoms with Crippen molar-refractivity contribution in [2.75, 3.05) is 13.1 Å². The van der Waals surface area contributed by atoms with Crippen LogP contribution in [0.4, 0.5) is 0 Å². The van der Waals surface area contributed by atoms with Gasteiger partial charge in [-0.05, 0) is 31.5 Å². The summed E-state index contributed by atoms with van der Waals surface area (Å²) in [6.07, 6.45) is 0. The standard InChI is InChI=1S/C14H20N4O3S/c1-9(7-15)8-16-14(19)10(2)17-13-11-5-3-4-6-12(11)22(20,21)18-13/h3-6,9-10H,7-8,15H2,1-2H3,(H,16,19)(H,17,18). The Morgan fingerprint density at radius 3 is 2.73 bits per heavy atom. The number of aliphatic imine (C=N–C) groups is 1. The van der Waals surface area contributed by atoms with E-state index in [0.29, 0.717) is 18.7 Å². The molecule has 0 saturated heterocycles. The molecule has 0 aliphatic carbocycles. The van der Waals surface area contributed by atoms with E-state index in [0.717, 1.165) is 0 Å². The van der Waals surface area contributed by atoms with Gasteiger partial charge in [0, 0.05) is 12.1 Å². The van der Waals surface area contributed by atoms with Crippen LogP contribution in [0.15, 0.2) is 34.2 Å². The molecule has 8 heteroatoms. The number of amides is 1. The van der Waals surface area contributed by atoms with Gasteiger partial charge < -0.3 is 11.1 Å². The van der Waals surface area contributed by atoms with E-state index in [-0.39, 0.29) is 22.6 Å². The fraction of sp³-hybridized carbons (Fsp3) is 0.429. The summed E-state index contributed by atoms with van der Waals surface area (Å²) in [5.74, 6) is 0.107. The monoisotopic (exact) mass is 324 g/mol. The molecule has 0 bridgehead atoms. The van der Waals surface area contributed by atoms with E-state index in [1.165, 1.54) is 6.07 Å². The highest BCUT2D eigenvalue weighted by Gasteiger charge is 2.31. The highest BCUT2D eigenvalue weighted by atomic mass is 32.2. The highest BCUT2D eigenvalue weighted by Crippen LogP contribution is 2.22. The lowest BCUT2D eigenvalue weighted by atomic mass is 10.2. The number of hydrogen-bond acceptors (Lipinski definition) is 5. The number of rotatable bonds is 5. The first-order valence-corrected chi connectivity index (χ1v) is 8.51. The minimum atomic E-state index is -3.58. The van der Waals surface area contributed by atoms with Gasteiger partial charge in [0.25, 0.3) is 10.0 Å². The Morgan fingerprint density at radius 2 is 2.05 bits per heavy atom. The Hall–Kier alpha value is -1.93. The predicted molar refractivity (Wildman–Crippen MR) is 84.0 cm³/mol. The molecule has 1 aliphatic rings. The third-order valence-corrected chi connectivity index (χ3v) is 4.79. The summed E-state index contributed by atoms with van der Waals surface area (Å²) >= 11 is 0. The van der Waals surface area contributed by atoms with Crippen molar-refractivity contribution in [3.63, 3.8) is 0 Å². The first-order chi connectivity index (χ1) is 10.3. The molecule has 7 nitrogen and oxygen atoms in total. The van der Waals surface area contributed by atoms with Crippen molar-refractivity contribution >= 4 is 21.8 Å². The predicted octanol–water partition coefficient (Wildman–Crippen LogP) is -0.175. The fourth-order valence-corrected chi connectivity index (χ4v) is 3.23. The topological polar surface area (TPSA) is 114 Å². The molecule has 1 aromatic rings. The second-order valence-corrected chi connectivity index (χ2v) is 6.99. The molecule has 2 rings (SSSR count). The zero-order valence-corrected chi connectivity index (χ0v) is 13.4. The number of fused-ring (bicyclic) bond motifs is 1. The van der Waals surface area contributed by atoms with Gasteiger partial charge in [-0.3, -0.25) is 14.5 Å². The van der Waals surface area contributed by atoms with Crippen LogP contribution in [0, 0.1) is 5.92 Å². The maximum absolute atomic E-state index is 12.0. The summed E-state index contributed by atoms with van der Waals surface area (Å²) < 4.78 is 26.3. The molecule has 0 saturated carbocycles. The molecule has 0 aromatic heterocycles. The number of nitrogens with one attached hydrogen (secondary N) is 2. The highest BCUT2D eigenvalue weighted by molar-refractivity contribution is 7.90. The number of carbonyl (C=O) groups is 1. The normalized spacial score (nSPS) is 20.0. The summed E-state index contributed by atoms with van der Waals surface area (Å²) in [6, 6.07) is 5.84. The number of hydrogen-bond donors (Lipinski definition) is 3. The van der Waals surface area contributed by atoms with Gasteiger partial charge in [0.2, 0.25) is 5.91 Å². The van der Waals surface area contributed by atoms with Crippen LogP contribution in [0.5, 0.6) is 0 Å². The summed E-state index contributed by atoms with van der Waals surface area (Å²) in [5.41, 5.74) is 5.98. The van der Waals surface area contributed by atoms with E-state index in [2.05, 4.69) is 15.0 Å². The zero-order chi connectivity index (χ0) is 16.3. The molecule has 1 aromatic carbocycles. The van der Waals surface area contributed by atoms with Crippen LogP contribution >= 0.6 is 0 Å². The summed E-state index contributed by atoms with van der Waals surface area (Å²) in [4.78, 5) is 16.4. The van der Waals surface area contributed by atoms with Crippen LogP contribution < -0.4 is 15.8 Å². The third-order valence-electron chi connectivity index (χ3n) is 3.39. The Morgan fingerprint density at radius 1 is 1.36 bits per heavy atom. The Kier molecular flexibility index (Phi) is 4.82. The number of sulfonamides is 1. The second kappa shape index (κ2) is 6.45. The Labute approximate surface area is 130 Å². The van der Waals surface area contributed by atoms with Gasteiger partial charge in [-0.2, -0.15) is 0 Å². The average Bonchev–Trinajstić information content (AvgIpc) is 2.75. The molecule has 22 heavy (non-hydrogen) atoms. The largest absolute Gasteiger partial charge is 0.354 e. The van der Waals surface area contributed by atoms with Crippen LogP contribution in [-0.4, -0.2) is 39.3 Å². The van der Waals surface area contributed by atoms with Gasteiger partial charge in [-0.1, -0.05) is 19.1 Å². The van der Waals surface area contributed by atoms with Crippen molar-refractivity contribution in [3.8, 4) is 0 Å². The molecule has 4 N–H and O–H groups in total. The minimum absolute atomic E-state index is 0.175. The fourth-order valence-electron chi connectivity index (χ4n) is 1.99. The number of benzene rings is 1. The molecular formula is C14H20N4O3S. The second-order valence-electron chi connectivity index (χ2n) is 5.34. The average molecular weight is 324 g/mol. The zero-order valence-electron chi connectivity index (χ0n) is 12.5. The molecule has 0 radical (unpaired) electrons. The van der Waals surface area contributed by atoms with Crippen molar-refractivity contribution in [3.05, 3.63) is 29.8 Å². The van der Waals surface area contributed by atoms with E-state index in [4.69, 9.17) is 5.73 Å². The van der Waals surface area contributed by atoms with Crippen LogP contribution in [0.2, 0.25) is 0 Å². The molecule has 1 aliphatic heterocycles. The van der Waals surface area contributed by atoms with Crippen LogP contribution in [0.1, 0.15) is 19.4 Å². The van der Waals surface area contributed by atoms with E-state index in [1.807, 2.05) is 6.92 Å². The molecule has 120 valence electrons.